The van der Waals surface area contributed by atoms with Crippen molar-refractivity contribution in [3.63, 3.8) is 0 Å². The first-order chi connectivity index (χ1) is 7.78. The highest BCUT2D eigenvalue weighted by Crippen LogP contribution is 2.25. The number of hydrogen-bond donors (Lipinski definition) is 1. The number of benzene rings is 1. The summed E-state index contributed by atoms with van der Waals surface area (Å²) in [7, 11) is 0. The molecule has 2 rings (SSSR count). The van der Waals surface area contributed by atoms with E-state index < -0.39 is 0 Å². The fourth-order valence-electron chi connectivity index (χ4n) is 1.25. The van der Waals surface area contributed by atoms with Crippen molar-refractivity contribution in [2.75, 3.05) is 5.73 Å². The van der Waals surface area contributed by atoms with Crippen molar-refractivity contribution in [1.82, 2.24) is 4.98 Å². The summed E-state index contributed by atoms with van der Waals surface area (Å²) in [6.45, 7) is 6.87. The van der Waals surface area contributed by atoms with E-state index in [2.05, 4.69) is 9.83 Å². The average molecular weight is 211 g/mol. The summed E-state index contributed by atoms with van der Waals surface area (Å²) in [4.78, 5) is 7.05. The number of rotatable bonds is 2. The predicted octanol–water partition coefficient (Wildman–Crippen LogP) is 3.01. The van der Waals surface area contributed by atoms with Crippen LogP contribution in [0.5, 0.6) is 11.5 Å². The second-order valence-corrected chi connectivity index (χ2v) is 3.11. The Hall–Kier alpha value is -2.54. The quantitative estimate of drug-likeness (QED) is 0.777. The molecule has 0 saturated heterocycles. The number of para-hydroxylation sites is 1. The molecule has 0 fully saturated rings. The third-order valence-corrected chi connectivity index (χ3v) is 1.90. The number of anilines is 1. The maximum Gasteiger partial charge on any atom is 0.275 e. The Morgan fingerprint density at radius 1 is 1.12 bits per heavy atom. The van der Waals surface area contributed by atoms with E-state index >= 15 is 0 Å². The van der Waals surface area contributed by atoms with Crippen LogP contribution in [0.2, 0.25) is 0 Å². The zero-order valence-electron chi connectivity index (χ0n) is 8.42. The fraction of sp³-hybridized carbons (Fsp3) is 0. The van der Waals surface area contributed by atoms with Gasteiger partial charge < -0.3 is 15.3 Å². The van der Waals surface area contributed by atoms with Gasteiger partial charge in [0.1, 0.15) is 11.5 Å². The van der Waals surface area contributed by atoms with E-state index in [4.69, 9.17) is 17.0 Å². The molecule has 16 heavy (non-hydrogen) atoms. The number of pyridine rings is 1. The van der Waals surface area contributed by atoms with Gasteiger partial charge in [0.25, 0.3) is 5.82 Å². The number of nitrogens with zero attached hydrogens (tertiary/aromatic N) is 2. The molecule has 0 aliphatic carbocycles. The van der Waals surface area contributed by atoms with Gasteiger partial charge in [0.2, 0.25) is 5.82 Å². The molecule has 1 aromatic carbocycles. The number of ether oxygens (including phenoxy) is 1. The lowest BCUT2D eigenvalue weighted by Gasteiger charge is -2.05. The van der Waals surface area contributed by atoms with E-state index in [0.717, 1.165) is 0 Å². The van der Waals surface area contributed by atoms with Gasteiger partial charge in [-0.1, -0.05) is 24.8 Å². The number of aromatic nitrogens is 1. The standard InChI is InChI=1S/C12H9N3O/c1-14-12-8-10(7-11(13)15-12)16-9-5-3-2-4-6-9/h2-8H,(H2,13,15). The molecule has 2 aromatic rings. The summed E-state index contributed by atoms with van der Waals surface area (Å²) in [6, 6.07) is 12.4. The van der Waals surface area contributed by atoms with Crippen molar-refractivity contribution in [3.8, 4) is 11.5 Å². The molecular formula is C12H9N3O. The molecule has 0 aliphatic heterocycles. The highest BCUT2D eigenvalue weighted by molar-refractivity contribution is 5.51. The summed E-state index contributed by atoms with van der Waals surface area (Å²) in [5, 5.41) is 0. The Bertz CT molecular complexity index is 532. The minimum atomic E-state index is 0.228. The number of hydrogen-bond acceptors (Lipinski definition) is 3. The third kappa shape index (κ3) is 2.28. The summed E-state index contributed by atoms with van der Waals surface area (Å²) in [6.07, 6.45) is 0. The molecular weight excluding hydrogens is 202 g/mol. The fourth-order valence-corrected chi connectivity index (χ4v) is 1.25. The van der Waals surface area contributed by atoms with Gasteiger partial charge in [0, 0.05) is 12.1 Å². The second kappa shape index (κ2) is 4.32. The van der Waals surface area contributed by atoms with Gasteiger partial charge in [-0.15, -0.1) is 4.98 Å². The zero-order valence-corrected chi connectivity index (χ0v) is 8.42. The lowest BCUT2D eigenvalue weighted by Crippen LogP contribution is -1.91. The molecule has 0 bridgehead atoms. The first-order valence-corrected chi connectivity index (χ1v) is 4.66. The SMILES string of the molecule is [C-]#[N+]c1cc(Oc2ccccc2)cc(N)n1. The summed E-state index contributed by atoms with van der Waals surface area (Å²) in [5.74, 6) is 1.72. The summed E-state index contributed by atoms with van der Waals surface area (Å²) in [5.41, 5.74) is 5.55. The molecule has 0 spiro atoms. The van der Waals surface area contributed by atoms with Gasteiger partial charge >= 0.3 is 0 Å². The molecule has 4 nitrogen and oxygen atoms in total. The highest BCUT2D eigenvalue weighted by Gasteiger charge is 2.03. The normalized spacial score (nSPS) is 9.44. The summed E-state index contributed by atoms with van der Waals surface area (Å²) >= 11 is 0. The molecule has 78 valence electrons. The van der Waals surface area contributed by atoms with Crippen LogP contribution < -0.4 is 10.5 Å². The lowest BCUT2D eigenvalue weighted by molar-refractivity contribution is 0.483. The Kier molecular flexibility index (Phi) is 2.70. The second-order valence-electron chi connectivity index (χ2n) is 3.11. The number of nitrogen functional groups attached to an aromatic ring is 1. The molecule has 4 heteroatoms. The highest BCUT2D eigenvalue weighted by atomic mass is 16.5. The molecule has 1 heterocycles. The van der Waals surface area contributed by atoms with Crippen molar-refractivity contribution in [3.05, 3.63) is 53.9 Å². The summed E-state index contributed by atoms with van der Waals surface area (Å²) < 4.78 is 5.54. The molecule has 0 atom stereocenters. The first-order valence-electron chi connectivity index (χ1n) is 4.66. The van der Waals surface area contributed by atoms with Gasteiger partial charge in [0.05, 0.1) is 0 Å². The maximum absolute atomic E-state index is 6.87. The van der Waals surface area contributed by atoms with Gasteiger partial charge in [0.15, 0.2) is 0 Å². The van der Waals surface area contributed by atoms with Crippen molar-refractivity contribution < 1.29 is 4.74 Å². The van der Waals surface area contributed by atoms with Crippen LogP contribution in [0.1, 0.15) is 0 Å². The van der Waals surface area contributed by atoms with E-state index in [9.17, 15) is 0 Å². The van der Waals surface area contributed by atoms with E-state index in [1.54, 1.807) is 12.1 Å². The van der Waals surface area contributed by atoms with Crippen molar-refractivity contribution in [2.24, 2.45) is 0 Å². The van der Waals surface area contributed by atoms with Crippen LogP contribution in [-0.4, -0.2) is 4.98 Å². The Morgan fingerprint density at radius 3 is 2.56 bits per heavy atom. The van der Waals surface area contributed by atoms with Gasteiger partial charge in [-0.3, -0.25) is 0 Å². The Morgan fingerprint density at radius 2 is 1.88 bits per heavy atom. The molecule has 2 N–H and O–H groups in total. The average Bonchev–Trinajstić information content (AvgIpc) is 2.29. The number of nitrogens with two attached hydrogens (primary N) is 1. The topological polar surface area (TPSA) is 52.5 Å². The van der Waals surface area contributed by atoms with Crippen LogP contribution in [0, 0.1) is 6.57 Å². The van der Waals surface area contributed by atoms with Crippen molar-refractivity contribution in [2.45, 2.75) is 0 Å². The lowest BCUT2D eigenvalue weighted by atomic mass is 10.3. The van der Waals surface area contributed by atoms with E-state index in [0.29, 0.717) is 11.5 Å². The van der Waals surface area contributed by atoms with E-state index in [1.165, 1.54) is 0 Å². The monoisotopic (exact) mass is 211 g/mol. The van der Waals surface area contributed by atoms with Crippen molar-refractivity contribution in [1.29, 1.82) is 0 Å². The van der Waals surface area contributed by atoms with Crippen LogP contribution in [0.25, 0.3) is 4.85 Å². The van der Waals surface area contributed by atoms with E-state index in [-0.39, 0.29) is 11.6 Å². The van der Waals surface area contributed by atoms with Crippen LogP contribution in [-0.2, 0) is 0 Å². The first kappa shape index (κ1) is 9.99. The molecule has 1 aromatic heterocycles. The van der Waals surface area contributed by atoms with Gasteiger partial charge in [-0.2, -0.15) is 0 Å². The maximum atomic E-state index is 6.87. The van der Waals surface area contributed by atoms with Gasteiger partial charge in [-0.05, 0) is 12.1 Å². The Balaban J connectivity index is 2.29. The molecule has 0 saturated carbocycles. The van der Waals surface area contributed by atoms with Crippen LogP contribution in [0.4, 0.5) is 11.6 Å². The zero-order chi connectivity index (χ0) is 11.4. The molecule has 0 radical (unpaired) electrons. The minimum absolute atomic E-state index is 0.228. The molecule has 0 aliphatic rings. The Labute approximate surface area is 93.1 Å². The predicted molar refractivity (Wildman–Crippen MR) is 61.4 cm³/mol. The largest absolute Gasteiger partial charge is 0.458 e. The minimum Gasteiger partial charge on any atom is -0.458 e. The van der Waals surface area contributed by atoms with E-state index in [1.807, 2.05) is 30.3 Å². The smallest absolute Gasteiger partial charge is 0.275 e. The van der Waals surface area contributed by atoms with Gasteiger partial charge in [-0.25, -0.2) is 0 Å². The van der Waals surface area contributed by atoms with Crippen LogP contribution in [0.3, 0.4) is 0 Å². The molecule has 0 amide bonds. The molecule has 0 unspecified atom stereocenters. The third-order valence-electron chi connectivity index (χ3n) is 1.90. The van der Waals surface area contributed by atoms with Crippen LogP contribution in [0.15, 0.2) is 42.5 Å². The van der Waals surface area contributed by atoms with Crippen LogP contribution >= 0.6 is 0 Å². The van der Waals surface area contributed by atoms with Crippen molar-refractivity contribution >= 4 is 11.6 Å².